The van der Waals surface area contributed by atoms with Crippen molar-refractivity contribution in [3.63, 3.8) is 0 Å². The van der Waals surface area contributed by atoms with Gasteiger partial charge in [0.05, 0.1) is 16.8 Å². The van der Waals surface area contributed by atoms with Crippen molar-refractivity contribution in [1.82, 2.24) is 15.3 Å². The summed E-state index contributed by atoms with van der Waals surface area (Å²) in [6, 6.07) is 28.3. The molecule has 0 spiro atoms. The molecule has 0 aliphatic carbocycles. The van der Waals surface area contributed by atoms with E-state index in [2.05, 4.69) is 24.4 Å². The Morgan fingerprint density at radius 3 is 2.19 bits per heavy atom. The van der Waals surface area contributed by atoms with Crippen molar-refractivity contribution in [2.45, 2.75) is 30.8 Å². The number of carbonyl (C=O) groups excluding carboxylic acids is 1. The van der Waals surface area contributed by atoms with Crippen molar-refractivity contribution in [2.75, 3.05) is 5.75 Å². The standard InChI is InChI=1S/C26H25N3OS/c1-19(16-17-20-10-4-2-5-11-20)27-24(30)18-31-26-25(21-12-6-3-7-13-21)28-22-14-8-9-15-23(22)29-26/h2-15,19H,16-18H2,1H3,(H,27,30)/t19-/m0/s1. The molecule has 0 unspecified atom stereocenters. The average molecular weight is 428 g/mol. The molecule has 156 valence electrons. The van der Waals surface area contributed by atoms with E-state index in [1.807, 2.05) is 72.8 Å². The van der Waals surface area contributed by atoms with Crippen LogP contribution < -0.4 is 5.32 Å². The molecule has 1 amide bonds. The number of nitrogens with zero attached hydrogens (tertiary/aromatic N) is 2. The van der Waals surface area contributed by atoms with Gasteiger partial charge in [0.1, 0.15) is 10.7 Å². The quantitative estimate of drug-likeness (QED) is 0.376. The summed E-state index contributed by atoms with van der Waals surface area (Å²) in [4.78, 5) is 22.2. The molecular weight excluding hydrogens is 402 g/mol. The smallest absolute Gasteiger partial charge is 0.230 e. The highest BCUT2D eigenvalue weighted by molar-refractivity contribution is 8.00. The van der Waals surface area contributed by atoms with Gasteiger partial charge in [0.2, 0.25) is 5.91 Å². The zero-order valence-electron chi connectivity index (χ0n) is 17.5. The number of fused-ring (bicyclic) bond motifs is 1. The molecule has 1 aromatic heterocycles. The van der Waals surface area contributed by atoms with Crippen molar-refractivity contribution in [2.24, 2.45) is 0 Å². The van der Waals surface area contributed by atoms with Crippen molar-refractivity contribution < 1.29 is 4.79 Å². The van der Waals surface area contributed by atoms with E-state index in [1.165, 1.54) is 17.3 Å². The van der Waals surface area contributed by atoms with E-state index in [9.17, 15) is 4.79 Å². The summed E-state index contributed by atoms with van der Waals surface area (Å²) < 4.78 is 0. The molecule has 0 saturated heterocycles. The lowest BCUT2D eigenvalue weighted by Crippen LogP contribution is -2.34. The fraction of sp³-hybridized carbons (Fsp3) is 0.192. The average Bonchev–Trinajstić information content (AvgIpc) is 2.82. The number of carbonyl (C=O) groups is 1. The van der Waals surface area contributed by atoms with E-state index < -0.39 is 0 Å². The second-order valence-corrected chi connectivity index (χ2v) is 8.48. The third kappa shape index (κ3) is 5.70. The molecule has 0 fully saturated rings. The highest BCUT2D eigenvalue weighted by atomic mass is 32.2. The number of rotatable bonds is 8. The van der Waals surface area contributed by atoms with Gasteiger partial charge in [-0.15, -0.1) is 0 Å². The van der Waals surface area contributed by atoms with Crippen LogP contribution in [0, 0.1) is 0 Å². The van der Waals surface area contributed by atoms with E-state index in [-0.39, 0.29) is 11.9 Å². The number of nitrogens with one attached hydrogen (secondary N) is 1. The normalized spacial score (nSPS) is 11.9. The number of para-hydroxylation sites is 2. The van der Waals surface area contributed by atoms with E-state index >= 15 is 0 Å². The number of hydrogen-bond donors (Lipinski definition) is 1. The first kappa shape index (κ1) is 21.1. The minimum Gasteiger partial charge on any atom is -0.353 e. The largest absolute Gasteiger partial charge is 0.353 e. The molecule has 1 N–H and O–H groups in total. The molecule has 0 aliphatic rings. The van der Waals surface area contributed by atoms with Crippen LogP contribution in [0.3, 0.4) is 0 Å². The molecule has 0 bridgehead atoms. The van der Waals surface area contributed by atoms with Crippen LogP contribution in [0.25, 0.3) is 22.3 Å². The summed E-state index contributed by atoms with van der Waals surface area (Å²) >= 11 is 1.44. The molecule has 1 atom stereocenters. The van der Waals surface area contributed by atoms with Crippen molar-refractivity contribution >= 4 is 28.7 Å². The minimum atomic E-state index is 0.0135. The summed E-state index contributed by atoms with van der Waals surface area (Å²) in [5, 5.41) is 3.88. The van der Waals surface area contributed by atoms with E-state index in [0.717, 1.165) is 40.2 Å². The zero-order valence-corrected chi connectivity index (χ0v) is 18.3. The van der Waals surface area contributed by atoms with Gasteiger partial charge in [-0.2, -0.15) is 0 Å². The van der Waals surface area contributed by atoms with Gasteiger partial charge in [-0.1, -0.05) is 84.6 Å². The SMILES string of the molecule is C[C@@H](CCc1ccccc1)NC(=O)CSc1nc2ccccc2nc1-c1ccccc1. The van der Waals surface area contributed by atoms with E-state index in [0.29, 0.717) is 5.75 Å². The Bertz CT molecular complexity index is 1150. The van der Waals surface area contributed by atoms with Gasteiger partial charge in [0, 0.05) is 11.6 Å². The summed E-state index contributed by atoms with van der Waals surface area (Å²) in [5.41, 5.74) is 4.79. The van der Waals surface area contributed by atoms with Gasteiger partial charge in [0.15, 0.2) is 0 Å². The predicted molar refractivity (Wildman–Crippen MR) is 128 cm³/mol. The molecule has 3 aromatic carbocycles. The van der Waals surface area contributed by atoms with Crippen molar-refractivity contribution in [3.8, 4) is 11.3 Å². The first-order valence-corrected chi connectivity index (χ1v) is 11.5. The lowest BCUT2D eigenvalue weighted by molar-refractivity contribution is -0.119. The Kier molecular flexibility index (Phi) is 6.95. The Hall–Kier alpha value is -3.18. The Balaban J connectivity index is 1.42. The molecule has 31 heavy (non-hydrogen) atoms. The maximum atomic E-state index is 12.6. The van der Waals surface area contributed by atoms with E-state index in [1.54, 1.807) is 0 Å². The van der Waals surface area contributed by atoms with Gasteiger partial charge in [0.25, 0.3) is 0 Å². The molecule has 4 aromatic rings. The second kappa shape index (κ2) is 10.2. The molecule has 5 heteroatoms. The van der Waals surface area contributed by atoms with Crippen LogP contribution in [0.2, 0.25) is 0 Å². The van der Waals surface area contributed by atoms with Crippen LogP contribution in [-0.4, -0.2) is 27.7 Å². The summed E-state index contributed by atoms with van der Waals surface area (Å²) in [7, 11) is 0. The van der Waals surface area contributed by atoms with Crippen LogP contribution in [-0.2, 0) is 11.2 Å². The first-order chi connectivity index (χ1) is 15.2. The molecular formula is C26H25N3OS. The molecule has 4 rings (SSSR count). The molecule has 1 heterocycles. The van der Waals surface area contributed by atoms with Gasteiger partial charge in [-0.05, 0) is 37.5 Å². The van der Waals surface area contributed by atoms with E-state index in [4.69, 9.17) is 9.97 Å². The van der Waals surface area contributed by atoms with Crippen LogP contribution >= 0.6 is 11.8 Å². The number of benzene rings is 3. The number of aromatic nitrogens is 2. The minimum absolute atomic E-state index is 0.0135. The Labute approximate surface area is 187 Å². The monoisotopic (exact) mass is 427 g/mol. The third-order valence-electron chi connectivity index (χ3n) is 5.04. The fourth-order valence-electron chi connectivity index (χ4n) is 3.42. The lowest BCUT2D eigenvalue weighted by atomic mass is 10.1. The Morgan fingerprint density at radius 2 is 1.48 bits per heavy atom. The summed E-state index contributed by atoms with van der Waals surface area (Å²) in [6.07, 6.45) is 1.86. The second-order valence-electron chi connectivity index (χ2n) is 7.51. The topological polar surface area (TPSA) is 54.9 Å². The van der Waals surface area contributed by atoms with Crippen LogP contribution in [0.15, 0.2) is 90.0 Å². The lowest BCUT2D eigenvalue weighted by Gasteiger charge is -2.14. The fourth-order valence-corrected chi connectivity index (χ4v) is 4.23. The van der Waals surface area contributed by atoms with Crippen molar-refractivity contribution in [1.29, 1.82) is 0 Å². The van der Waals surface area contributed by atoms with Gasteiger partial charge in [-0.25, -0.2) is 9.97 Å². The van der Waals surface area contributed by atoms with Crippen molar-refractivity contribution in [3.05, 3.63) is 90.5 Å². The number of aryl methyl sites for hydroxylation is 1. The number of thioether (sulfide) groups is 1. The maximum absolute atomic E-state index is 12.6. The molecule has 0 saturated carbocycles. The predicted octanol–water partition coefficient (Wildman–Crippen LogP) is 5.53. The molecule has 0 aliphatic heterocycles. The van der Waals surface area contributed by atoms with Gasteiger partial charge in [-0.3, -0.25) is 4.79 Å². The number of hydrogen-bond acceptors (Lipinski definition) is 4. The van der Waals surface area contributed by atoms with Crippen LogP contribution in [0.1, 0.15) is 18.9 Å². The highest BCUT2D eigenvalue weighted by Gasteiger charge is 2.14. The summed E-state index contributed by atoms with van der Waals surface area (Å²) in [6.45, 7) is 2.05. The number of amides is 1. The third-order valence-corrected chi connectivity index (χ3v) is 6.01. The first-order valence-electron chi connectivity index (χ1n) is 10.5. The van der Waals surface area contributed by atoms with Crippen LogP contribution in [0.5, 0.6) is 0 Å². The molecule has 4 nitrogen and oxygen atoms in total. The van der Waals surface area contributed by atoms with Crippen LogP contribution in [0.4, 0.5) is 0 Å². The molecule has 0 radical (unpaired) electrons. The highest BCUT2D eigenvalue weighted by Crippen LogP contribution is 2.30. The summed E-state index contributed by atoms with van der Waals surface area (Å²) in [5.74, 6) is 0.322. The maximum Gasteiger partial charge on any atom is 0.230 e. The van der Waals surface area contributed by atoms with Gasteiger partial charge < -0.3 is 5.32 Å². The zero-order chi connectivity index (χ0) is 21.5. The van der Waals surface area contributed by atoms with Gasteiger partial charge >= 0.3 is 0 Å². The Morgan fingerprint density at radius 1 is 0.871 bits per heavy atom.